The number of rotatable bonds is 1. The van der Waals surface area contributed by atoms with E-state index in [4.69, 9.17) is 0 Å². The van der Waals surface area contributed by atoms with Crippen LogP contribution < -0.4 is 5.32 Å². The molecule has 0 radical (unpaired) electrons. The Kier molecular flexibility index (Phi) is 2.46. The average Bonchev–Trinajstić information content (AvgIpc) is 2.86. The normalized spacial score (nSPS) is 35.9. The first-order valence-corrected chi connectivity index (χ1v) is 6.36. The highest BCUT2D eigenvalue weighted by Crippen LogP contribution is 2.34. The lowest BCUT2D eigenvalue weighted by molar-refractivity contribution is -0.143. The molecule has 1 N–H and O–H groups in total. The number of hydrogen-bond acceptors (Lipinski definition) is 3. The first-order valence-electron chi connectivity index (χ1n) is 6.36. The molecule has 4 nitrogen and oxygen atoms in total. The Bertz CT molecular complexity index is 301. The number of carbonyl (C=O) groups is 2. The number of hydrogen-bond donors (Lipinski definition) is 1. The molecule has 2 atom stereocenters. The van der Waals surface area contributed by atoms with Crippen LogP contribution in [0.1, 0.15) is 32.1 Å². The fraction of sp³-hybridized carbons (Fsp3) is 0.833. The zero-order valence-electron chi connectivity index (χ0n) is 9.45. The van der Waals surface area contributed by atoms with Crippen molar-refractivity contribution in [3.63, 3.8) is 0 Å². The molecule has 2 saturated heterocycles. The summed E-state index contributed by atoms with van der Waals surface area (Å²) in [6.45, 7) is 1.39. The minimum Gasteiger partial charge on any atom is -0.315 e. The van der Waals surface area contributed by atoms with Gasteiger partial charge in [0.1, 0.15) is 0 Å². The standard InChI is InChI=1S/C12H18N2O2/c15-11-9-6-13-7-10(9)12(16)14(11)8-4-2-1-3-5-8/h8-10,13H,1-7H2. The van der Waals surface area contributed by atoms with E-state index in [1.165, 1.54) is 6.42 Å². The van der Waals surface area contributed by atoms with Gasteiger partial charge in [0.2, 0.25) is 11.8 Å². The number of carbonyl (C=O) groups excluding carboxylic acids is 2. The first kappa shape index (κ1) is 10.3. The van der Waals surface area contributed by atoms with E-state index in [-0.39, 0.29) is 29.7 Å². The second-order valence-electron chi connectivity index (χ2n) is 5.21. The number of likely N-dealkylation sites (tertiary alicyclic amines) is 1. The maximum absolute atomic E-state index is 12.2. The zero-order valence-corrected chi connectivity index (χ0v) is 9.45. The van der Waals surface area contributed by atoms with Gasteiger partial charge in [-0.25, -0.2) is 0 Å². The molecule has 16 heavy (non-hydrogen) atoms. The molecule has 0 spiro atoms. The molecule has 0 aromatic carbocycles. The van der Waals surface area contributed by atoms with Gasteiger partial charge >= 0.3 is 0 Å². The van der Waals surface area contributed by atoms with E-state index in [0.717, 1.165) is 25.7 Å². The molecule has 2 amide bonds. The van der Waals surface area contributed by atoms with Crippen molar-refractivity contribution in [1.82, 2.24) is 10.2 Å². The van der Waals surface area contributed by atoms with Gasteiger partial charge < -0.3 is 5.32 Å². The first-order chi connectivity index (χ1) is 7.79. The van der Waals surface area contributed by atoms with Gasteiger partial charge in [-0.3, -0.25) is 14.5 Å². The van der Waals surface area contributed by atoms with E-state index in [1.807, 2.05) is 0 Å². The maximum Gasteiger partial charge on any atom is 0.234 e. The number of imide groups is 1. The second-order valence-corrected chi connectivity index (χ2v) is 5.21. The van der Waals surface area contributed by atoms with E-state index in [2.05, 4.69) is 5.32 Å². The van der Waals surface area contributed by atoms with Crippen LogP contribution >= 0.6 is 0 Å². The van der Waals surface area contributed by atoms with Crippen LogP contribution in [0, 0.1) is 11.8 Å². The average molecular weight is 222 g/mol. The van der Waals surface area contributed by atoms with Crippen LogP contribution in [0.4, 0.5) is 0 Å². The van der Waals surface area contributed by atoms with Crippen LogP contribution in [0.2, 0.25) is 0 Å². The van der Waals surface area contributed by atoms with Gasteiger partial charge in [0.25, 0.3) is 0 Å². The monoisotopic (exact) mass is 222 g/mol. The molecule has 4 heteroatoms. The SMILES string of the molecule is O=C1C2CNCC2C(=O)N1C1CCCCC1. The lowest BCUT2D eigenvalue weighted by Crippen LogP contribution is -2.43. The molecule has 2 heterocycles. The molecular weight excluding hydrogens is 204 g/mol. The van der Waals surface area contributed by atoms with Crippen molar-refractivity contribution in [3.8, 4) is 0 Å². The van der Waals surface area contributed by atoms with E-state index < -0.39 is 0 Å². The summed E-state index contributed by atoms with van der Waals surface area (Å²) in [7, 11) is 0. The highest BCUT2D eigenvalue weighted by Gasteiger charge is 2.51. The van der Waals surface area contributed by atoms with Gasteiger partial charge in [-0.15, -0.1) is 0 Å². The number of nitrogens with zero attached hydrogens (tertiary/aromatic N) is 1. The molecule has 0 aromatic rings. The minimum atomic E-state index is -0.0607. The van der Waals surface area contributed by atoms with Crippen molar-refractivity contribution in [3.05, 3.63) is 0 Å². The summed E-state index contributed by atoms with van der Waals surface area (Å²) in [6.07, 6.45) is 5.61. The van der Waals surface area contributed by atoms with Crippen molar-refractivity contribution in [2.45, 2.75) is 38.1 Å². The van der Waals surface area contributed by atoms with Gasteiger partial charge in [0.15, 0.2) is 0 Å². The summed E-state index contributed by atoms with van der Waals surface area (Å²) < 4.78 is 0. The summed E-state index contributed by atoms with van der Waals surface area (Å²) >= 11 is 0. The third-order valence-electron chi connectivity index (χ3n) is 4.26. The Hall–Kier alpha value is -0.900. The van der Waals surface area contributed by atoms with Crippen molar-refractivity contribution in [2.75, 3.05) is 13.1 Å². The molecule has 1 saturated carbocycles. The quantitative estimate of drug-likeness (QED) is 0.658. The van der Waals surface area contributed by atoms with Gasteiger partial charge in [0, 0.05) is 19.1 Å². The minimum absolute atomic E-state index is 0.0607. The molecule has 2 unspecified atom stereocenters. The molecular formula is C12H18N2O2. The second kappa shape index (κ2) is 3.84. The van der Waals surface area contributed by atoms with E-state index in [1.54, 1.807) is 4.90 Å². The lowest BCUT2D eigenvalue weighted by Gasteiger charge is -2.30. The zero-order chi connectivity index (χ0) is 11.1. The van der Waals surface area contributed by atoms with Gasteiger partial charge in [-0.1, -0.05) is 19.3 Å². The van der Waals surface area contributed by atoms with Crippen molar-refractivity contribution in [2.24, 2.45) is 11.8 Å². The van der Waals surface area contributed by atoms with E-state index >= 15 is 0 Å². The smallest absolute Gasteiger partial charge is 0.234 e. The van der Waals surface area contributed by atoms with E-state index in [0.29, 0.717) is 13.1 Å². The predicted octanol–water partition coefficient (Wildman–Crippen LogP) is 0.523. The van der Waals surface area contributed by atoms with Crippen LogP contribution in [-0.4, -0.2) is 35.8 Å². The molecule has 3 rings (SSSR count). The van der Waals surface area contributed by atoms with Crippen molar-refractivity contribution >= 4 is 11.8 Å². The largest absolute Gasteiger partial charge is 0.315 e. The lowest BCUT2D eigenvalue weighted by atomic mass is 9.94. The van der Waals surface area contributed by atoms with Crippen LogP contribution in [0.3, 0.4) is 0 Å². The number of amides is 2. The predicted molar refractivity (Wildman–Crippen MR) is 58.6 cm³/mol. The van der Waals surface area contributed by atoms with E-state index in [9.17, 15) is 9.59 Å². The van der Waals surface area contributed by atoms with Gasteiger partial charge in [-0.2, -0.15) is 0 Å². The Morgan fingerprint density at radius 2 is 1.50 bits per heavy atom. The molecule has 2 aliphatic heterocycles. The summed E-state index contributed by atoms with van der Waals surface area (Å²) in [4.78, 5) is 25.9. The Morgan fingerprint density at radius 1 is 0.938 bits per heavy atom. The maximum atomic E-state index is 12.2. The fourth-order valence-corrected chi connectivity index (χ4v) is 3.36. The number of nitrogens with one attached hydrogen (secondary N) is 1. The highest BCUT2D eigenvalue weighted by atomic mass is 16.2. The number of fused-ring (bicyclic) bond motifs is 1. The van der Waals surface area contributed by atoms with Crippen molar-refractivity contribution in [1.29, 1.82) is 0 Å². The topological polar surface area (TPSA) is 49.4 Å². The third-order valence-corrected chi connectivity index (χ3v) is 4.26. The molecule has 0 aromatic heterocycles. The van der Waals surface area contributed by atoms with Crippen LogP contribution in [-0.2, 0) is 9.59 Å². The molecule has 88 valence electrons. The molecule has 3 fully saturated rings. The Balaban J connectivity index is 1.80. The summed E-state index contributed by atoms with van der Waals surface area (Å²) in [5.74, 6) is 0.0580. The third kappa shape index (κ3) is 1.39. The van der Waals surface area contributed by atoms with Gasteiger partial charge in [-0.05, 0) is 12.8 Å². The van der Waals surface area contributed by atoms with Gasteiger partial charge in [0.05, 0.1) is 11.8 Å². The fourth-order valence-electron chi connectivity index (χ4n) is 3.36. The molecule has 1 aliphatic carbocycles. The summed E-state index contributed by atoms with van der Waals surface area (Å²) in [6, 6.07) is 0.208. The Morgan fingerprint density at radius 3 is 2.06 bits per heavy atom. The van der Waals surface area contributed by atoms with Crippen molar-refractivity contribution < 1.29 is 9.59 Å². The van der Waals surface area contributed by atoms with Crippen LogP contribution in [0.5, 0.6) is 0 Å². The highest BCUT2D eigenvalue weighted by molar-refractivity contribution is 6.06. The Labute approximate surface area is 95.4 Å². The summed E-state index contributed by atoms with van der Waals surface area (Å²) in [5.41, 5.74) is 0. The molecule has 3 aliphatic rings. The summed E-state index contributed by atoms with van der Waals surface area (Å²) in [5, 5.41) is 3.14. The van der Waals surface area contributed by atoms with Crippen LogP contribution in [0.25, 0.3) is 0 Å². The molecule has 0 bridgehead atoms. The van der Waals surface area contributed by atoms with Crippen LogP contribution in [0.15, 0.2) is 0 Å².